The lowest BCUT2D eigenvalue weighted by molar-refractivity contribution is 0.0677. The first kappa shape index (κ1) is 13.5. The Balaban J connectivity index is 1.58. The van der Waals surface area contributed by atoms with E-state index >= 15 is 0 Å². The number of aromatic nitrogens is 2. The summed E-state index contributed by atoms with van der Waals surface area (Å²) in [6, 6.07) is 8.20. The highest BCUT2D eigenvalue weighted by atomic mass is 32.2. The third-order valence-electron chi connectivity index (χ3n) is 3.08. The van der Waals surface area contributed by atoms with Crippen LogP contribution in [0.1, 0.15) is 23.4 Å². The summed E-state index contributed by atoms with van der Waals surface area (Å²) in [4.78, 5) is 4.39. The van der Waals surface area contributed by atoms with Crippen LogP contribution in [-0.4, -0.2) is 28.3 Å². The van der Waals surface area contributed by atoms with Crippen molar-refractivity contribution in [2.75, 3.05) is 23.4 Å². The van der Waals surface area contributed by atoms with Crippen molar-refractivity contribution in [3.05, 3.63) is 41.5 Å². The molecule has 1 unspecified atom stereocenters. The Kier molecular flexibility index (Phi) is 4.22. The van der Waals surface area contributed by atoms with Gasteiger partial charge in [0.15, 0.2) is 0 Å². The summed E-state index contributed by atoms with van der Waals surface area (Å²) >= 11 is 1.86. The molecule has 0 amide bonds. The summed E-state index contributed by atoms with van der Waals surface area (Å²) in [5.74, 6) is 3.17. The van der Waals surface area contributed by atoms with Crippen LogP contribution in [0.25, 0.3) is 0 Å². The molecule has 1 atom stereocenters. The zero-order chi connectivity index (χ0) is 13.8. The van der Waals surface area contributed by atoms with E-state index in [1.165, 1.54) is 5.56 Å². The van der Waals surface area contributed by atoms with Crippen molar-refractivity contribution >= 4 is 17.4 Å². The minimum atomic E-state index is -0.0365. The Morgan fingerprint density at radius 1 is 1.35 bits per heavy atom. The van der Waals surface area contributed by atoms with Crippen LogP contribution in [0.4, 0.5) is 5.69 Å². The zero-order valence-corrected chi connectivity index (χ0v) is 12.2. The van der Waals surface area contributed by atoms with Gasteiger partial charge in [-0.05, 0) is 19.1 Å². The average Bonchev–Trinajstić information content (AvgIpc) is 2.97. The normalized spacial score (nSPS) is 18.9. The standard InChI is InChI=1S/C14H17N3O2S/c1-10-2-4-11(5-3-10)15-8-13-16-14(17-19-13)12-9-20-7-6-18-12/h2-5,12,15H,6-9H2,1H3. The van der Waals surface area contributed by atoms with Crippen LogP contribution >= 0.6 is 11.8 Å². The van der Waals surface area contributed by atoms with Crippen LogP contribution in [0.5, 0.6) is 0 Å². The van der Waals surface area contributed by atoms with Crippen molar-refractivity contribution in [2.24, 2.45) is 0 Å². The molecule has 2 aromatic rings. The molecule has 1 fully saturated rings. The van der Waals surface area contributed by atoms with Gasteiger partial charge in [0, 0.05) is 17.2 Å². The Morgan fingerprint density at radius 3 is 2.95 bits per heavy atom. The molecule has 1 aromatic heterocycles. The number of hydrogen-bond donors (Lipinski definition) is 1. The van der Waals surface area contributed by atoms with Crippen LogP contribution in [0.15, 0.2) is 28.8 Å². The fourth-order valence-corrected chi connectivity index (χ4v) is 2.80. The molecule has 0 aliphatic carbocycles. The second kappa shape index (κ2) is 6.28. The van der Waals surface area contributed by atoms with Crippen LogP contribution in [0, 0.1) is 6.92 Å². The summed E-state index contributed by atoms with van der Waals surface area (Å²) in [6.07, 6.45) is -0.0365. The van der Waals surface area contributed by atoms with Crippen LogP contribution < -0.4 is 5.32 Å². The van der Waals surface area contributed by atoms with E-state index in [0.29, 0.717) is 18.3 Å². The molecule has 1 aliphatic heterocycles. The Morgan fingerprint density at radius 2 is 2.20 bits per heavy atom. The van der Waals surface area contributed by atoms with Gasteiger partial charge in [-0.2, -0.15) is 16.7 Å². The van der Waals surface area contributed by atoms with Crippen molar-refractivity contribution < 1.29 is 9.26 Å². The number of ether oxygens (including phenoxy) is 1. The fourth-order valence-electron chi connectivity index (χ4n) is 1.96. The quantitative estimate of drug-likeness (QED) is 0.934. The lowest BCUT2D eigenvalue weighted by atomic mass is 10.2. The monoisotopic (exact) mass is 291 g/mol. The molecule has 5 nitrogen and oxygen atoms in total. The molecule has 1 aromatic carbocycles. The van der Waals surface area contributed by atoms with Crippen molar-refractivity contribution in [1.29, 1.82) is 0 Å². The summed E-state index contributed by atoms with van der Waals surface area (Å²) in [7, 11) is 0. The molecule has 1 N–H and O–H groups in total. The smallest absolute Gasteiger partial charge is 0.246 e. The maximum atomic E-state index is 5.63. The number of benzene rings is 1. The molecule has 0 spiro atoms. The van der Waals surface area contributed by atoms with Gasteiger partial charge in [0.2, 0.25) is 11.7 Å². The van der Waals surface area contributed by atoms with E-state index in [4.69, 9.17) is 9.26 Å². The van der Waals surface area contributed by atoms with E-state index < -0.39 is 0 Å². The van der Waals surface area contributed by atoms with E-state index in [1.807, 2.05) is 23.9 Å². The predicted octanol–water partition coefficient (Wildman–Crippen LogP) is 2.79. The SMILES string of the molecule is Cc1ccc(NCc2nc(C3CSCCO3)no2)cc1. The van der Waals surface area contributed by atoms with Crippen LogP contribution in [0.2, 0.25) is 0 Å². The van der Waals surface area contributed by atoms with Gasteiger partial charge in [-0.15, -0.1) is 0 Å². The topological polar surface area (TPSA) is 60.2 Å². The number of nitrogens with one attached hydrogen (secondary N) is 1. The largest absolute Gasteiger partial charge is 0.376 e. The number of rotatable bonds is 4. The molecule has 0 radical (unpaired) electrons. The molecule has 3 rings (SSSR count). The van der Waals surface area contributed by atoms with E-state index in [-0.39, 0.29) is 6.10 Å². The van der Waals surface area contributed by atoms with E-state index in [9.17, 15) is 0 Å². The van der Waals surface area contributed by atoms with E-state index in [0.717, 1.165) is 23.8 Å². The maximum Gasteiger partial charge on any atom is 0.246 e. The fraction of sp³-hybridized carbons (Fsp3) is 0.429. The lowest BCUT2D eigenvalue weighted by Crippen LogP contribution is -2.16. The minimum absolute atomic E-state index is 0.0365. The first-order chi connectivity index (χ1) is 9.81. The van der Waals surface area contributed by atoms with Gasteiger partial charge in [0.05, 0.1) is 13.2 Å². The van der Waals surface area contributed by atoms with Crippen molar-refractivity contribution in [3.8, 4) is 0 Å². The van der Waals surface area contributed by atoms with Gasteiger partial charge in [-0.25, -0.2) is 0 Å². The van der Waals surface area contributed by atoms with Crippen molar-refractivity contribution in [1.82, 2.24) is 10.1 Å². The molecule has 1 aliphatic rings. The molecule has 2 heterocycles. The molecule has 6 heteroatoms. The first-order valence-corrected chi connectivity index (χ1v) is 7.79. The van der Waals surface area contributed by atoms with Gasteiger partial charge in [0.25, 0.3) is 0 Å². The molecule has 1 saturated heterocycles. The third kappa shape index (κ3) is 3.32. The highest BCUT2D eigenvalue weighted by Gasteiger charge is 2.21. The minimum Gasteiger partial charge on any atom is -0.376 e. The Bertz CT molecular complexity index is 550. The lowest BCUT2D eigenvalue weighted by Gasteiger charge is -2.18. The van der Waals surface area contributed by atoms with Gasteiger partial charge >= 0.3 is 0 Å². The zero-order valence-electron chi connectivity index (χ0n) is 11.3. The Hall–Kier alpha value is -1.53. The summed E-state index contributed by atoms with van der Waals surface area (Å²) in [5.41, 5.74) is 2.28. The van der Waals surface area contributed by atoms with Gasteiger partial charge in [-0.3, -0.25) is 0 Å². The first-order valence-electron chi connectivity index (χ1n) is 6.63. The summed E-state index contributed by atoms with van der Waals surface area (Å²) in [5, 5.41) is 7.26. The van der Waals surface area contributed by atoms with Crippen LogP contribution in [0.3, 0.4) is 0 Å². The second-order valence-electron chi connectivity index (χ2n) is 4.70. The van der Waals surface area contributed by atoms with Crippen molar-refractivity contribution in [3.63, 3.8) is 0 Å². The third-order valence-corrected chi connectivity index (χ3v) is 4.08. The summed E-state index contributed by atoms with van der Waals surface area (Å²) in [6.45, 7) is 3.34. The van der Waals surface area contributed by atoms with Gasteiger partial charge < -0.3 is 14.6 Å². The van der Waals surface area contributed by atoms with E-state index in [1.54, 1.807) is 0 Å². The molecule has 0 bridgehead atoms. The van der Waals surface area contributed by atoms with Crippen molar-refractivity contribution in [2.45, 2.75) is 19.6 Å². The van der Waals surface area contributed by atoms with Crippen LogP contribution in [-0.2, 0) is 11.3 Å². The summed E-state index contributed by atoms with van der Waals surface area (Å²) < 4.78 is 10.9. The number of aryl methyl sites for hydroxylation is 1. The number of thioether (sulfide) groups is 1. The Labute approximate surface area is 122 Å². The maximum absolute atomic E-state index is 5.63. The molecule has 20 heavy (non-hydrogen) atoms. The molecular formula is C14H17N3O2S. The highest BCUT2D eigenvalue weighted by Crippen LogP contribution is 2.24. The number of nitrogens with zero attached hydrogens (tertiary/aromatic N) is 2. The average molecular weight is 291 g/mol. The predicted molar refractivity (Wildman–Crippen MR) is 78.8 cm³/mol. The van der Waals surface area contributed by atoms with Gasteiger partial charge in [0.1, 0.15) is 6.10 Å². The molecule has 0 saturated carbocycles. The molecule has 106 valence electrons. The van der Waals surface area contributed by atoms with Gasteiger partial charge in [-0.1, -0.05) is 22.9 Å². The molecular weight excluding hydrogens is 274 g/mol. The number of anilines is 1. The second-order valence-corrected chi connectivity index (χ2v) is 5.85. The van der Waals surface area contributed by atoms with E-state index in [2.05, 4.69) is 34.5 Å². The highest BCUT2D eigenvalue weighted by molar-refractivity contribution is 7.99. The number of hydrogen-bond acceptors (Lipinski definition) is 6.